The normalized spacial score (nSPS) is 18.1. The molecule has 29 heavy (non-hydrogen) atoms. The molecule has 5 amide bonds. The highest BCUT2D eigenvalue weighted by Gasteiger charge is 2.55. The standard InChI is InChI=1S/C20H27N5O4/c1-14-6-8-15(9-7-14)21-12-16(26)22-23-17(27)13-25-18(28)20(24(2)19(25)29)10-4-3-5-11-20/h6-9,21H,3-5,10-13H2,1-2H3,(H,22,26)(H,23,27). The molecule has 9 nitrogen and oxygen atoms in total. The van der Waals surface area contributed by atoms with Crippen LogP contribution >= 0.6 is 0 Å². The number of carbonyl (C=O) groups is 4. The summed E-state index contributed by atoms with van der Waals surface area (Å²) in [6.07, 6.45) is 4.04. The molecule has 1 heterocycles. The monoisotopic (exact) mass is 401 g/mol. The summed E-state index contributed by atoms with van der Waals surface area (Å²) < 4.78 is 0. The number of rotatable bonds is 5. The lowest BCUT2D eigenvalue weighted by Crippen LogP contribution is -2.51. The van der Waals surface area contributed by atoms with E-state index in [0.717, 1.165) is 35.4 Å². The van der Waals surface area contributed by atoms with Gasteiger partial charge in [0.25, 0.3) is 17.7 Å². The zero-order chi connectivity index (χ0) is 21.0. The molecule has 0 unspecified atom stereocenters. The van der Waals surface area contributed by atoms with Crippen LogP contribution < -0.4 is 16.2 Å². The number of hydrogen-bond acceptors (Lipinski definition) is 5. The van der Waals surface area contributed by atoms with Gasteiger partial charge in [-0.3, -0.25) is 30.1 Å². The second-order valence-corrected chi connectivity index (χ2v) is 7.64. The van der Waals surface area contributed by atoms with E-state index >= 15 is 0 Å². The largest absolute Gasteiger partial charge is 0.376 e. The molecule has 1 aliphatic carbocycles. The molecule has 0 atom stereocenters. The van der Waals surface area contributed by atoms with E-state index < -0.39 is 29.9 Å². The van der Waals surface area contributed by atoms with Gasteiger partial charge < -0.3 is 10.2 Å². The van der Waals surface area contributed by atoms with E-state index in [-0.39, 0.29) is 12.5 Å². The average Bonchev–Trinajstić information content (AvgIpc) is 2.89. The maximum absolute atomic E-state index is 12.8. The van der Waals surface area contributed by atoms with Crippen molar-refractivity contribution < 1.29 is 19.2 Å². The first-order valence-electron chi connectivity index (χ1n) is 9.81. The number of hydrogen-bond donors (Lipinski definition) is 3. The quantitative estimate of drug-likeness (QED) is 0.506. The van der Waals surface area contributed by atoms with Gasteiger partial charge in [0, 0.05) is 12.7 Å². The second-order valence-electron chi connectivity index (χ2n) is 7.64. The van der Waals surface area contributed by atoms with Gasteiger partial charge in [0.05, 0.1) is 6.54 Å². The topological polar surface area (TPSA) is 111 Å². The number of hydrazine groups is 1. The van der Waals surface area contributed by atoms with Crippen LogP contribution in [0.2, 0.25) is 0 Å². The Bertz CT molecular complexity index is 802. The molecule has 3 N–H and O–H groups in total. The van der Waals surface area contributed by atoms with Crippen LogP contribution in [0.1, 0.15) is 37.7 Å². The Balaban J connectivity index is 1.47. The lowest BCUT2D eigenvalue weighted by atomic mass is 9.81. The maximum atomic E-state index is 12.8. The number of urea groups is 1. The molecule has 1 aromatic rings. The Labute approximate surface area is 169 Å². The highest BCUT2D eigenvalue weighted by molar-refractivity contribution is 6.09. The Morgan fingerprint density at radius 1 is 1.00 bits per heavy atom. The minimum Gasteiger partial charge on any atom is -0.376 e. The molecule has 0 aromatic heterocycles. The molecule has 1 saturated carbocycles. The van der Waals surface area contributed by atoms with Gasteiger partial charge in [0.2, 0.25) is 0 Å². The Morgan fingerprint density at radius 3 is 2.28 bits per heavy atom. The minimum absolute atomic E-state index is 0.0310. The molecule has 0 radical (unpaired) electrons. The first-order valence-corrected chi connectivity index (χ1v) is 9.81. The first-order chi connectivity index (χ1) is 13.8. The van der Waals surface area contributed by atoms with E-state index in [1.807, 2.05) is 31.2 Å². The van der Waals surface area contributed by atoms with Crippen molar-refractivity contribution in [1.29, 1.82) is 0 Å². The van der Waals surface area contributed by atoms with Crippen LogP contribution in [0.15, 0.2) is 24.3 Å². The lowest BCUT2D eigenvalue weighted by Gasteiger charge is -2.35. The molecule has 1 aliphatic heterocycles. The van der Waals surface area contributed by atoms with Crippen LogP contribution in [0.5, 0.6) is 0 Å². The number of benzene rings is 1. The van der Waals surface area contributed by atoms with Crippen molar-refractivity contribution >= 4 is 29.4 Å². The highest BCUT2D eigenvalue weighted by atomic mass is 16.2. The summed E-state index contributed by atoms with van der Waals surface area (Å²) in [6.45, 7) is 1.52. The number of imide groups is 1. The van der Waals surface area contributed by atoms with Crippen LogP contribution in [0.25, 0.3) is 0 Å². The zero-order valence-electron chi connectivity index (χ0n) is 16.8. The summed E-state index contributed by atoms with van der Waals surface area (Å²) in [5, 5.41) is 2.94. The molecule has 3 rings (SSSR count). The van der Waals surface area contributed by atoms with Crippen molar-refractivity contribution in [2.24, 2.45) is 0 Å². The Hall–Kier alpha value is -3.10. The van der Waals surface area contributed by atoms with Crippen LogP contribution in [-0.2, 0) is 14.4 Å². The summed E-state index contributed by atoms with van der Waals surface area (Å²) in [6, 6.07) is 7.07. The number of carbonyl (C=O) groups excluding carboxylic acids is 4. The number of nitrogens with zero attached hydrogens (tertiary/aromatic N) is 2. The summed E-state index contributed by atoms with van der Waals surface area (Å²) >= 11 is 0. The van der Waals surface area contributed by atoms with Crippen LogP contribution in [-0.4, -0.2) is 59.2 Å². The van der Waals surface area contributed by atoms with E-state index in [9.17, 15) is 19.2 Å². The van der Waals surface area contributed by atoms with Gasteiger partial charge in [-0.1, -0.05) is 37.0 Å². The molecule has 1 saturated heterocycles. The van der Waals surface area contributed by atoms with Crippen molar-refractivity contribution in [3.05, 3.63) is 29.8 Å². The van der Waals surface area contributed by atoms with Gasteiger partial charge in [-0.05, 0) is 31.9 Å². The zero-order valence-corrected chi connectivity index (χ0v) is 16.8. The second kappa shape index (κ2) is 8.50. The van der Waals surface area contributed by atoms with Crippen LogP contribution in [0.3, 0.4) is 0 Å². The fourth-order valence-corrected chi connectivity index (χ4v) is 3.89. The summed E-state index contributed by atoms with van der Waals surface area (Å²) in [4.78, 5) is 51.9. The number of aryl methyl sites for hydroxylation is 1. The van der Waals surface area contributed by atoms with Gasteiger partial charge in [0.15, 0.2) is 0 Å². The lowest BCUT2D eigenvalue weighted by molar-refractivity contribution is -0.137. The van der Waals surface area contributed by atoms with Gasteiger partial charge in [-0.2, -0.15) is 0 Å². The molecular formula is C20H27N5O4. The maximum Gasteiger partial charge on any atom is 0.327 e. The molecule has 9 heteroatoms. The molecule has 1 aromatic carbocycles. The molecule has 156 valence electrons. The van der Waals surface area contributed by atoms with E-state index in [1.165, 1.54) is 4.90 Å². The van der Waals surface area contributed by atoms with Gasteiger partial charge >= 0.3 is 6.03 Å². The summed E-state index contributed by atoms with van der Waals surface area (Å²) in [7, 11) is 1.61. The number of anilines is 1. The number of nitrogens with one attached hydrogen (secondary N) is 3. The summed E-state index contributed by atoms with van der Waals surface area (Å²) in [5.41, 5.74) is 5.62. The van der Waals surface area contributed by atoms with Gasteiger partial charge in [-0.15, -0.1) is 0 Å². The molecular weight excluding hydrogens is 374 g/mol. The van der Waals surface area contributed by atoms with Crippen LogP contribution in [0.4, 0.5) is 10.5 Å². The van der Waals surface area contributed by atoms with Crippen LogP contribution in [0, 0.1) is 6.92 Å². The molecule has 2 aliphatic rings. The van der Waals surface area contributed by atoms with Crippen molar-refractivity contribution in [2.45, 2.75) is 44.6 Å². The summed E-state index contributed by atoms with van der Waals surface area (Å²) in [5.74, 6) is -1.40. The Kier molecular flexibility index (Phi) is 6.05. The molecule has 2 fully saturated rings. The highest BCUT2D eigenvalue weighted by Crippen LogP contribution is 2.39. The molecule has 1 spiro atoms. The number of likely N-dealkylation sites (N-methyl/N-ethyl adjacent to an activating group) is 1. The first kappa shape index (κ1) is 20.6. The minimum atomic E-state index is -0.823. The predicted molar refractivity (Wildman–Crippen MR) is 107 cm³/mol. The third-order valence-corrected chi connectivity index (χ3v) is 5.63. The van der Waals surface area contributed by atoms with E-state index in [0.29, 0.717) is 12.8 Å². The van der Waals surface area contributed by atoms with E-state index in [2.05, 4.69) is 16.2 Å². The van der Waals surface area contributed by atoms with Crippen molar-refractivity contribution in [1.82, 2.24) is 20.7 Å². The van der Waals surface area contributed by atoms with Gasteiger partial charge in [0.1, 0.15) is 12.1 Å². The predicted octanol–water partition coefficient (Wildman–Crippen LogP) is 1.15. The smallest absolute Gasteiger partial charge is 0.327 e. The fourth-order valence-electron chi connectivity index (χ4n) is 3.89. The van der Waals surface area contributed by atoms with Crippen molar-refractivity contribution in [3.63, 3.8) is 0 Å². The van der Waals surface area contributed by atoms with Crippen molar-refractivity contribution in [3.8, 4) is 0 Å². The number of amides is 5. The fraction of sp³-hybridized carbons (Fsp3) is 0.500. The third kappa shape index (κ3) is 4.33. The van der Waals surface area contributed by atoms with Gasteiger partial charge in [-0.25, -0.2) is 4.79 Å². The molecule has 0 bridgehead atoms. The third-order valence-electron chi connectivity index (χ3n) is 5.63. The Morgan fingerprint density at radius 2 is 1.62 bits per heavy atom. The SMILES string of the molecule is Cc1ccc(NCC(=O)NNC(=O)CN2C(=O)N(C)C3(CCCCC3)C2=O)cc1. The van der Waals surface area contributed by atoms with Crippen molar-refractivity contribution in [2.75, 3.05) is 25.5 Å². The van der Waals surface area contributed by atoms with E-state index in [4.69, 9.17) is 0 Å². The average molecular weight is 401 g/mol. The van der Waals surface area contributed by atoms with E-state index in [1.54, 1.807) is 7.05 Å².